The molecule has 1 aliphatic heterocycles. The second-order valence-electron chi connectivity index (χ2n) is 7.96. The van der Waals surface area contributed by atoms with Gasteiger partial charge < -0.3 is 10.1 Å². The molecule has 0 unspecified atom stereocenters. The van der Waals surface area contributed by atoms with E-state index in [4.69, 9.17) is 4.74 Å². The van der Waals surface area contributed by atoms with Gasteiger partial charge in [-0.05, 0) is 42.2 Å². The number of hydrogen-bond donors (Lipinski definition) is 1. The molecule has 0 bridgehead atoms. The Morgan fingerprint density at radius 1 is 1.19 bits per heavy atom. The first-order valence-electron chi connectivity index (χ1n) is 9.65. The molecule has 1 heterocycles. The van der Waals surface area contributed by atoms with E-state index in [9.17, 15) is 4.79 Å². The third-order valence-corrected chi connectivity index (χ3v) is 5.95. The fraction of sp³-hybridized carbons (Fsp3) is 0.435. The van der Waals surface area contributed by atoms with Crippen LogP contribution in [0.1, 0.15) is 69.4 Å². The average Bonchev–Trinajstić information content (AvgIpc) is 2.63. The Hall–Kier alpha value is -1.81. The van der Waals surface area contributed by atoms with Crippen LogP contribution in [0, 0.1) is 5.41 Å². The number of nitrogens with one attached hydrogen (secondary N) is 1. The van der Waals surface area contributed by atoms with Crippen LogP contribution in [0.5, 0.6) is 0 Å². The number of benzene rings is 2. The Morgan fingerprint density at radius 2 is 1.89 bits per heavy atom. The lowest BCUT2D eigenvalue weighted by Gasteiger charge is -2.46. The number of anilines is 1. The van der Waals surface area contributed by atoms with Crippen LogP contribution in [0.15, 0.2) is 46.9 Å². The van der Waals surface area contributed by atoms with Crippen LogP contribution in [-0.4, -0.2) is 5.97 Å². The van der Waals surface area contributed by atoms with Gasteiger partial charge in [0.1, 0.15) is 6.10 Å². The molecule has 0 aliphatic carbocycles. The molecule has 0 aromatic heterocycles. The minimum absolute atomic E-state index is 0.0453. The van der Waals surface area contributed by atoms with Gasteiger partial charge in [-0.2, -0.15) is 0 Å². The smallest absolute Gasteiger partial charge is 0.303 e. The molecule has 0 saturated heterocycles. The first kappa shape index (κ1) is 19.9. The zero-order valence-corrected chi connectivity index (χ0v) is 18.1. The molecule has 2 aromatic carbocycles. The van der Waals surface area contributed by atoms with E-state index < -0.39 is 0 Å². The van der Waals surface area contributed by atoms with E-state index in [-0.39, 0.29) is 23.5 Å². The fourth-order valence-electron chi connectivity index (χ4n) is 3.94. The van der Waals surface area contributed by atoms with Gasteiger partial charge in [0.2, 0.25) is 0 Å². The highest BCUT2D eigenvalue weighted by Gasteiger charge is 2.46. The highest BCUT2D eigenvalue weighted by Crippen LogP contribution is 2.53. The summed E-state index contributed by atoms with van der Waals surface area (Å²) in [7, 11) is 0. The van der Waals surface area contributed by atoms with E-state index in [1.807, 2.05) is 0 Å². The van der Waals surface area contributed by atoms with E-state index in [2.05, 4.69) is 84.5 Å². The number of hydrogen-bond acceptors (Lipinski definition) is 3. The van der Waals surface area contributed by atoms with Gasteiger partial charge in [-0.15, -0.1) is 0 Å². The van der Waals surface area contributed by atoms with Crippen molar-refractivity contribution in [3.05, 3.63) is 63.6 Å². The molecular weight excluding hydrogens is 402 g/mol. The Balaban J connectivity index is 2.05. The quantitative estimate of drug-likeness (QED) is 0.544. The molecule has 0 radical (unpaired) electrons. The topological polar surface area (TPSA) is 38.3 Å². The fourth-order valence-corrected chi connectivity index (χ4v) is 4.20. The number of carbonyl (C=O) groups is 1. The van der Waals surface area contributed by atoms with Gasteiger partial charge in [0, 0.05) is 28.1 Å². The maximum absolute atomic E-state index is 11.9. The van der Waals surface area contributed by atoms with Crippen LogP contribution < -0.4 is 5.32 Å². The molecule has 3 nitrogen and oxygen atoms in total. The number of rotatable bonds is 5. The van der Waals surface area contributed by atoms with Crippen LogP contribution in [0.4, 0.5) is 5.69 Å². The van der Waals surface area contributed by atoms with Gasteiger partial charge in [-0.25, -0.2) is 0 Å². The van der Waals surface area contributed by atoms with Gasteiger partial charge in [0.25, 0.3) is 0 Å². The summed E-state index contributed by atoms with van der Waals surface area (Å²) in [5, 5.41) is 3.70. The van der Waals surface area contributed by atoms with Crippen molar-refractivity contribution >= 4 is 27.6 Å². The maximum Gasteiger partial charge on any atom is 0.303 e. The molecule has 144 valence electrons. The predicted octanol–water partition coefficient (Wildman–Crippen LogP) is 6.59. The molecule has 2 aromatic rings. The third kappa shape index (κ3) is 4.21. The summed E-state index contributed by atoms with van der Waals surface area (Å²) < 4.78 is 6.93. The Kier molecular flexibility index (Phi) is 5.95. The summed E-state index contributed by atoms with van der Waals surface area (Å²) in [6.45, 7) is 8.03. The number of esters is 1. The molecule has 2 atom stereocenters. The van der Waals surface area contributed by atoms with E-state index in [1.54, 1.807) is 0 Å². The SMILES string of the molecule is CCCCc1ccc2c(c1)[C@@H](OC(C)=O)C(C)(C)[C@@H](c1ccc(Br)cc1)N2. The van der Waals surface area contributed by atoms with Crippen LogP contribution >= 0.6 is 15.9 Å². The largest absolute Gasteiger partial charge is 0.457 e. The number of aryl methyl sites for hydroxylation is 1. The standard InChI is InChI=1S/C23H28BrNO2/c1-5-6-7-16-8-13-20-19(14-16)22(27-15(2)26)23(3,4)21(25-20)17-9-11-18(24)12-10-17/h8-14,21-22,25H,5-7H2,1-4H3/t21-,22-/m1/s1. The molecule has 0 amide bonds. The Bertz CT molecular complexity index is 814. The van der Waals surface area contributed by atoms with Crippen molar-refractivity contribution in [2.45, 2.75) is 59.1 Å². The lowest BCUT2D eigenvalue weighted by Crippen LogP contribution is -2.40. The van der Waals surface area contributed by atoms with Gasteiger partial charge in [-0.3, -0.25) is 4.79 Å². The molecule has 0 spiro atoms. The zero-order chi connectivity index (χ0) is 19.6. The van der Waals surface area contributed by atoms with Gasteiger partial charge >= 0.3 is 5.97 Å². The molecule has 27 heavy (non-hydrogen) atoms. The van der Waals surface area contributed by atoms with E-state index in [0.717, 1.165) is 28.6 Å². The molecule has 0 fully saturated rings. The minimum atomic E-state index is -0.296. The summed E-state index contributed by atoms with van der Waals surface area (Å²) in [5.41, 5.74) is 4.31. The van der Waals surface area contributed by atoms with Crippen LogP contribution in [0.3, 0.4) is 0 Å². The highest BCUT2D eigenvalue weighted by molar-refractivity contribution is 9.10. The number of unbranched alkanes of at least 4 members (excludes halogenated alkanes) is 1. The second kappa shape index (κ2) is 8.05. The minimum Gasteiger partial charge on any atom is -0.457 e. The Labute approximate surface area is 170 Å². The monoisotopic (exact) mass is 429 g/mol. The zero-order valence-electron chi connectivity index (χ0n) is 16.5. The summed E-state index contributed by atoms with van der Waals surface area (Å²) in [4.78, 5) is 11.9. The van der Waals surface area contributed by atoms with E-state index >= 15 is 0 Å². The summed E-state index contributed by atoms with van der Waals surface area (Å²) in [6.07, 6.45) is 3.09. The average molecular weight is 430 g/mol. The normalized spacial score (nSPS) is 20.5. The van der Waals surface area contributed by atoms with Crippen LogP contribution in [-0.2, 0) is 16.0 Å². The number of fused-ring (bicyclic) bond motifs is 1. The molecule has 1 aliphatic rings. The molecule has 1 N–H and O–H groups in total. The lowest BCUT2D eigenvalue weighted by atomic mass is 9.70. The number of halogens is 1. The first-order chi connectivity index (χ1) is 12.8. The predicted molar refractivity (Wildman–Crippen MR) is 114 cm³/mol. The second-order valence-corrected chi connectivity index (χ2v) is 8.88. The molecule has 4 heteroatoms. The first-order valence-corrected chi connectivity index (χ1v) is 10.4. The van der Waals surface area contributed by atoms with Crippen LogP contribution in [0.25, 0.3) is 0 Å². The molecular formula is C23H28BrNO2. The van der Waals surface area contributed by atoms with E-state index in [1.165, 1.54) is 24.5 Å². The number of carbonyl (C=O) groups excluding carboxylic acids is 1. The highest BCUT2D eigenvalue weighted by atomic mass is 79.9. The Morgan fingerprint density at radius 3 is 2.52 bits per heavy atom. The molecule has 3 rings (SSSR count). The van der Waals surface area contributed by atoms with Crippen molar-refractivity contribution in [2.75, 3.05) is 5.32 Å². The van der Waals surface area contributed by atoms with Crippen molar-refractivity contribution in [3.8, 4) is 0 Å². The van der Waals surface area contributed by atoms with Crippen molar-refractivity contribution in [3.63, 3.8) is 0 Å². The maximum atomic E-state index is 11.9. The number of ether oxygens (including phenoxy) is 1. The molecule has 0 saturated carbocycles. The van der Waals surface area contributed by atoms with Gasteiger partial charge in [0.15, 0.2) is 0 Å². The van der Waals surface area contributed by atoms with Crippen LogP contribution in [0.2, 0.25) is 0 Å². The van der Waals surface area contributed by atoms with Crippen molar-refractivity contribution < 1.29 is 9.53 Å². The van der Waals surface area contributed by atoms with Gasteiger partial charge in [-0.1, -0.05) is 67.4 Å². The van der Waals surface area contributed by atoms with Crippen molar-refractivity contribution in [2.24, 2.45) is 5.41 Å². The summed E-state index contributed by atoms with van der Waals surface area (Å²) >= 11 is 3.51. The third-order valence-electron chi connectivity index (χ3n) is 5.42. The summed E-state index contributed by atoms with van der Waals surface area (Å²) in [5.74, 6) is -0.241. The lowest BCUT2D eigenvalue weighted by molar-refractivity contribution is -0.154. The van der Waals surface area contributed by atoms with Gasteiger partial charge in [0.05, 0.1) is 6.04 Å². The van der Waals surface area contributed by atoms with Crippen molar-refractivity contribution in [1.82, 2.24) is 0 Å². The van der Waals surface area contributed by atoms with Crippen molar-refractivity contribution in [1.29, 1.82) is 0 Å². The van der Waals surface area contributed by atoms with E-state index in [0.29, 0.717) is 0 Å². The summed E-state index contributed by atoms with van der Waals surface area (Å²) in [6, 6.07) is 14.9.